The van der Waals surface area contributed by atoms with Crippen LogP contribution < -0.4 is 0 Å². The summed E-state index contributed by atoms with van der Waals surface area (Å²) in [5, 5.41) is 103. The Balaban J connectivity index is 2.19. The second-order valence-electron chi connectivity index (χ2n) is 16.2. The van der Waals surface area contributed by atoms with Gasteiger partial charge >= 0.3 is 0 Å². The lowest BCUT2D eigenvalue weighted by molar-refractivity contribution is -0.309. The Kier molecular flexibility index (Phi) is 20.6. The molecule has 10 N–H and O–H groups in total. The zero-order valence-electron chi connectivity index (χ0n) is 34.4. The molecule has 2 fully saturated rings. The smallest absolute Gasteiger partial charge is 0.187 e. The van der Waals surface area contributed by atoms with Crippen LogP contribution in [0, 0.1) is 0 Å². The van der Waals surface area contributed by atoms with Crippen molar-refractivity contribution in [1.82, 2.24) is 0 Å². The van der Waals surface area contributed by atoms with Crippen molar-refractivity contribution in [2.75, 3.05) is 13.2 Å². The molecule has 2 aliphatic rings. The van der Waals surface area contributed by atoms with E-state index in [2.05, 4.69) is 26.3 Å². The van der Waals surface area contributed by atoms with Gasteiger partial charge < -0.3 is 74.7 Å². The molecule has 0 aromatic rings. The zero-order valence-corrected chi connectivity index (χ0v) is 34.4. The summed E-state index contributed by atoms with van der Waals surface area (Å²) in [5.41, 5.74) is 0.539. The van der Waals surface area contributed by atoms with E-state index in [1.165, 1.54) is 12.2 Å². The minimum absolute atomic E-state index is 0.0213. The van der Waals surface area contributed by atoms with Crippen LogP contribution in [0.15, 0.2) is 72.9 Å². The lowest BCUT2D eigenvalue weighted by Crippen LogP contribution is -2.59. The third kappa shape index (κ3) is 15.8. The van der Waals surface area contributed by atoms with Crippen LogP contribution in [-0.2, 0) is 23.7 Å². The van der Waals surface area contributed by atoms with Crippen LogP contribution in [-0.4, -0.2) is 161 Å². The van der Waals surface area contributed by atoms with Crippen LogP contribution in [0.1, 0.15) is 80.1 Å². The van der Waals surface area contributed by atoms with Gasteiger partial charge in [0.1, 0.15) is 48.8 Å². The Bertz CT molecular complexity index is 1260. The Morgan fingerprint density at radius 3 is 1.23 bits per heavy atom. The lowest BCUT2D eigenvalue weighted by atomic mass is 9.95. The summed E-state index contributed by atoms with van der Waals surface area (Å²) in [6.07, 6.45) is -8.75. The average Bonchev–Trinajstić information content (AvgIpc) is 3.14. The summed E-state index contributed by atoms with van der Waals surface area (Å²) in [6.45, 7) is 25.0. The molecule has 0 radical (unpaired) electrons. The van der Waals surface area contributed by atoms with E-state index >= 15 is 0 Å². The van der Waals surface area contributed by atoms with Crippen molar-refractivity contribution in [3.63, 3.8) is 0 Å². The quantitative estimate of drug-likeness (QED) is 0.0619. The van der Waals surface area contributed by atoms with Crippen LogP contribution in [0.25, 0.3) is 0 Å². The highest BCUT2D eigenvalue weighted by atomic mass is 16.7. The van der Waals surface area contributed by atoms with Crippen molar-refractivity contribution < 1.29 is 74.7 Å². The third-order valence-electron chi connectivity index (χ3n) is 10.4. The maximum atomic E-state index is 10.8. The fourth-order valence-corrected chi connectivity index (χ4v) is 6.56. The Morgan fingerprint density at radius 1 is 0.614 bits per heavy atom. The van der Waals surface area contributed by atoms with E-state index in [1.807, 2.05) is 27.7 Å². The maximum absolute atomic E-state index is 10.8. The maximum Gasteiger partial charge on any atom is 0.187 e. The Morgan fingerprint density at radius 2 is 0.947 bits per heavy atom. The van der Waals surface area contributed by atoms with Crippen molar-refractivity contribution in [1.29, 1.82) is 0 Å². The van der Waals surface area contributed by atoms with E-state index in [0.29, 0.717) is 25.7 Å². The van der Waals surface area contributed by atoms with Gasteiger partial charge in [0, 0.05) is 12.8 Å². The molecule has 15 heteroatoms. The Hall–Kier alpha value is -2.16. The van der Waals surface area contributed by atoms with Crippen molar-refractivity contribution >= 4 is 0 Å². The molecule has 16 unspecified atom stereocenters. The van der Waals surface area contributed by atoms with Gasteiger partial charge in [0.25, 0.3) is 0 Å². The molecular formula is C42H70O15. The van der Waals surface area contributed by atoms with Gasteiger partial charge in [-0.15, -0.1) is 13.2 Å². The molecule has 2 saturated heterocycles. The fourth-order valence-electron chi connectivity index (χ4n) is 6.56. The first-order valence-corrected chi connectivity index (χ1v) is 19.4. The van der Waals surface area contributed by atoms with Crippen LogP contribution in [0.5, 0.6) is 0 Å². The Labute approximate surface area is 337 Å². The van der Waals surface area contributed by atoms with Crippen molar-refractivity contribution in [2.45, 2.75) is 177 Å². The molecule has 0 aromatic carbocycles. The van der Waals surface area contributed by atoms with Crippen molar-refractivity contribution in [2.24, 2.45) is 0 Å². The average molecular weight is 815 g/mol. The van der Waals surface area contributed by atoms with Crippen LogP contribution in [0.2, 0.25) is 0 Å². The molecule has 0 saturated carbocycles. The monoisotopic (exact) mass is 814 g/mol. The van der Waals surface area contributed by atoms with Crippen LogP contribution >= 0.6 is 0 Å². The highest BCUT2D eigenvalue weighted by Gasteiger charge is 2.46. The van der Waals surface area contributed by atoms with Gasteiger partial charge in [-0.2, -0.15) is 0 Å². The van der Waals surface area contributed by atoms with Gasteiger partial charge in [-0.1, -0.05) is 59.8 Å². The third-order valence-corrected chi connectivity index (χ3v) is 10.4. The van der Waals surface area contributed by atoms with Gasteiger partial charge in [-0.25, -0.2) is 0 Å². The first kappa shape index (κ1) is 51.0. The molecule has 0 amide bonds. The molecule has 0 aliphatic carbocycles. The number of aliphatic hydroxyl groups excluding tert-OH is 8. The summed E-state index contributed by atoms with van der Waals surface area (Å²) in [4.78, 5) is 0. The summed E-state index contributed by atoms with van der Waals surface area (Å²) >= 11 is 0. The molecule has 16 atom stereocenters. The van der Waals surface area contributed by atoms with Gasteiger partial charge in [0.2, 0.25) is 0 Å². The lowest BCUT2D eigenvalue weighted by Gasteiger charge is -2.41. The van der Waals surface area contributed by atoms with Gasteiger partial charge in [0.15, 0.2) is 12.6 Å². The first-order valence-electron chi connectivity index (χ1n) is 19.4. The molecule has 0 bridgehead atoms. The molecule has 2 rings (SSSR count). The minimum Gasteiger partial charge on any atom is -0.394 e. The van der Waals surface area contributed by atoms with E-state index in [4.69, 9.17) is 23.7 Å². The van der Waals surface area contributed by atoms with E-state index in [9.17, 15) is 51.1 Å². The van der Waals surface area contributed by atoms with Gasteiger partial charge in [-0.05, 0) is 67.2 Å². The van der Waals surface area contributed by atoms with Gasteiger partial charge in [-0.3, -0.25) is 0 Å². The molecular weight excluding hydrogens is 744 g/mol. The minimum atomic E-state index is -1.62. The van der Waals surface area contributed by atoms with E-state index in [1.54, 1.807) is 26.0 Å². The van der Waals surface area contributed by atoms with Crippen LogP contribution in [0.4, 0.5) is 0 Å². The van der Waals surface area contributed by atoms with Crippen molar-refractivity contribution in [3.05, 3.63) is 72.9 Å². The summed E-state index contributed by atoms with van der Waals surface area (Å²) < 4.78 is 29.7. The highest BCUT2D eigenvalue weighted by Crippen LogP contribution is 2.30. The number of hydrogen-bond acceptors (Lipinski definition) is 15. The predicted molar refractivity (Wildman–Crippen MR) is 212 cm³/mol. The number of hydrogen-bond donors (Lipinski definition) is 10. The SMILES string of the molecule is C=CC(C)(O)CC(C=C(C)CCC(OC(CCC(C)=CC(CC(C)(O)C=C)OC1OC(CO)C(O)C(O)C1O)C(=C)C)C(=C)C)OC1OC(CO)C(O)C(O)C1O. The number of aliphatic hydroxyl groups is 10. The number of rotatable bonds is 24. The zero-order chi connectivity index (χ0) is 43.4. The molecule has 2 aliphatic heterocycles. The molecule has 15 nitrogen and oxygen atoms in total. The standard InChI is InChI=1S/C42H70O15/c1-11-41(9,51)19-27(53-39-37(49)35(47)33(45)31(21-43)56-39)17-25(7)13-15-29(23(3)4)55-30(24(5)6)16-14-26(8)18-28(20-42(10,52)12-2)54-40-38(50)36(48)34(46)32(22-44)57-40/h11-12,17-18,27-40,43-52H,1-3,5,13-16,19-22H2,4,6-10H3. The van der Waals surface area contributed by atoms with Crippen molar-refractivity contribution in [3.8, 4) is 0 Å². The van der Waals surface area contributed by atoms with E-state index < -0.39 is 98.0 Å². The predicted octanol–water partition coefficient (Wildman–Crippen LogP) is 1.37. The molecule has 328 valence electrons. The largest absolute Gasteiger partial charge is 0.394 e. The first-order chi connectivity index (χ1) is 26.5. The van der Waals surface area contributed by atoms with E-state index in [0.717, 1.165) is 22.3 Å². The molecule has 0 aromatic heterocycles. The fraction of sp³-hybridized carbons (Fsp3) is 0.714. The number of ether oxygens (including phenoxy) is 5. The molecule has 2 heterocycles. The second kappa shape index (κ2) is 23.0. The highest BCUT2D eigenvalue weighted by molar-refractivity contribution is 5.11. The molecule has 0 spiro atoms. The van der Waals surface area contributed by atoms with Crippen LogP contribution in [0.3, 0.4) is 0 Å². The second-order valence-corrected chi connectivity index (χ2v) is 16.2. The number of allylic oxidation sites excluding steroid dienone is 2. The van der Waals surface area contributed by atoms with E-state index in [-0.39, 0.29) is 25.0 Å². The summed E-state index contributed by atoms with van der Waals surface area (Å²) in [7, 11) is 0. The van der Waals surface area contributed by atoms with Gasteiger partial charge in [0.05, 0.1) is 48.8 Å². The normalized spacial score (nSPS) is 33.0. The summed E-state index contributed by atoms with van der Waals surface area (Å²) in [6, 6.07) is 0. The summed E-state index contributed by atoms with van der Waals surface area (Å²) in [5.74, 6) is 0. The molecule has 57 heavy (non-hydrogen) atoms. The topological polar surface area (TPSA) is 248 Å².